The van der Waals surface area contributed by atoms with Gasteiger partial charge in [-0.25, -0.2) is 0 Å². The van der Waals surface area contributed by atoms with Gasteiger partial charge < -0.3 is 4.74 Å². The number of hydrogen-bond acceptors (Lipinski definition) is 3. The Bertz CT molecular complexity index is 331. The Balaban J connectivity index is 2.74. The van der Waals surface area contributed by atoms with Crippen LogP contribution < -0.4 is 11.3 Å². The van der Waals surface area contributed by atoms with Crippen LogP contribution in [0.2, 0.25) is 0 Å². The van der Waals surface area contributed by atoms with Crippen molar-refractivity contribution in [2.24, 2.45) is 5.84 Å². The van der Waals surface area contributed by atoms with E-state index in [2.05, 4.69) is 46.5 Å². The zero-order valence-electron chi connectivity index (χ0n) is 9.79. The Kier molecular flexibility index (Phi) is 5.98. The number of benzene rings is 1. The van der Waals surface area contributed by atoms with Gasteiger partial charge >= 0.3 is 0 Å². The van der Waals surface area contributed by atoms with Gasteiger partial charge in [0.15, 0.2) is 0 Å². The molecule has 1 rings (SSSR count). The molecule has 1 aromatic rings. The molecule has 0 radical (unpaired) electrons. The predicted octanol–water partition coefficient (Wildman–Crippen LogP) is 2.69. The average Bonchev–Trinajstić information content (AvgIpc) is 2.29. The SMILES string of the molecule is COCCCC(NN)c1cccc(C)c1Br. The van der Waals surface area contributed by atoms with Crippen LogP contribution in [0.25, 0.3) is 0 Å². The molecule has 0 aromatic heterocycles. The highest BCUT2D eigenvalue weighted by Crippen LogP contribution is 2.28. The minimum atomic E-state index is 0.171. The molecular formula is C12H19BrN2O. The quantitative estimate of drug-likeness (QED) is 0.480. The fraction of sp³-hybridized carbons (Fsp3) is 0.500. The van der Waals surface area contributed by atoms with Crippen molar-refractivity contribution in [3.63, 3.8) is 0 Å². The van der Waals surface area contributed by atoms with Crippen molar-refractivity contribution >= 4 is 15.9 Å². The predicted molar refractivity (Wildman–Crippen MR) is 70.1 cm³/mol. The third-order valence-electron chi connectivity index (χ3n) is 2.64. The Hall–Kier alpha value is -0.420. The molecule has 90 valence electrons. The molecule has 1 aromatic carbocycles. The van der Waals surface area contributed by atoms with Crippen LogP contribution in [0.5, 0.6) is 0 Å². The van der Waals surface area contributed by atoms with E-state index >= 15 is 0 Å². The lowest BCUT2D eigenvalue weighted by Gasteiger charge is -2.18. The topological polar surface area (TPSA) is 47.3 Å². The van der Waals surface area contributed by atoms with Crippen LogP contribution >= 0.6 is 15.9 Å². The van der Waals surface area contributed by atoms with Crippen LogP contribution in [0.3, 0.4) is 0 Å². The number of rotatable bonds is 6. The zero-order valence-corrected chi connectivity index (χ0v) is 11.4. The van der Waals surface area contributed by atoms with Crippen molar-refractivity contribution < 1.29 is 4.74 Å². The lowest BCUT2D eigenvalue weighted by atomic mass is 10.0. The molecule has 0 bridgehead atoms. The van der Waals surface area contributed by atoms with Crippen LogP contribution in [-0.4, -0.2) is 13.7 Å². The Morgan fingerprint density at radius 1 is 1.50 bits per heavy atom. The number of hydrazine groups is 1. The normalized spacial score (nSPS) is 12.8. The second-order valence-corrected chi connectivity index (χ2v) is 4.63. The minimum absolute atomic E-state index is 0.171. The first kappa shape index (κ1) is 13.6. The van der Waals surface area contributed by atoms with E-state index in [0.29, 0.717) is 0 Å². The highest BCUT2D eigenvalue weighted by molar-refractivity contribution is 9.10. The smallest absolute Gasteiger partial charge is 0.0472 e. The van der Waals surface area contributed by atoms with Gasteiger partial charge in [0, 0.05) is 24.2 Å². The van der Waals surface area contributed by atoms with E-state index in [0.717, 1.165) is 23.9 Å². The largest absolute Gasteiger partial charge is 0.385 e. The third-order valence-corrected chi connectivity index (χ3v) is 3.72. The lowest BCUT2D eigenvalue weighted by molar-refractivity contribution is 0.188. The van der Waals surface area contributed by atoms with Crippen LogP contribution in [0.15, 0.2) is 22.7 Å². The molecule has 0 aliphatic rings. The Morgan fingerprint density at radius 3 is 2.88 bits per heavy atom. The third kappa shape index (κ3) is 3.56. The average molecular weight is 287 g/mol. The van der Waals surface area contributed by atoms with E-state index in [1.54, 1.807) is 7.11 Å². The maximum atomic E-state index is 5.59. The van der Waals surface area contributed by atoms with Crippen molar-refractivity contribution in [1.82, 2.24) is 5.43 Å². The molecule has 1 atom stereocenters. The van der Waals surface area contributed by atoms with E-state index in [1.807, 2.05) is 0 Å². The second-order valence-electron chi connectivity index (χ2n) is 3.83. The second kappa shape index (κ2) is 7.01. The van der Waals surface area contributed by atoms with Gasteiger partial charge in [0.1, 0.15) is 0 Å². The molecule has 0 saturated carbocycles. The van der Waals surface area contributed by atoms with Crippen LogP contribution in [0, 0.1) is 6.92 Å². The summed E-state index contributed by atoms with van der Waals surface area (Å²) in [7, 11) is 1.72. The van der Waals surface area contributed by atoms with Gasteiger partial charge in [0.2, 0.25) is 0 Å². The number of aryl methyl sites for hydroxylation is 1. The number of ether oxygens (including phenoxy) is 1. The van der Waals surface area contributed by atoms with Crippen molar-refractivity contribution in [3.8, 4) is 0 Å². The summed E-state index contributed by atoms with van der Waals surface area (Å²) in [6.45, 7) is 2.85. The van der Waals surface area contributed by atoms with E-state index in [4.69, 9.17) is 10.6 Å². The molecule has 0 spiro atoms. The van der Waals surface area contributed by atoms with Gasteiger partial charge in [-0.2, -0.15) is 0 Å². The fourth-order valence-electron chi connectivity index (χ4n) is 1.70. The first-order valence-electron chi connectivity index (χ1n) is 5.40. The van der Waals surface area contributed by atoms with Gasteiger partial charge in [-0.1, -0.05) is 34.1 Å². The van der Waals surface area contributed by atoms with Crippen molar-refractivity contribution in [2.75, 3.05) is 13.7 Å². The minimum Gasteiger partial charge on any atom is -0.385 e. The summed E-state index contributed by atoms with van der Waals surface area (Å²) in [5.74, 6) is 5.59. The van der Waals surface area contributed by atoms with Crippen LogP contribution in [0.4, 0.5) is 0 Å². The summed E-state index contributed by atoms with van der Waals surface area (Å²) in [5.41, 5.74) is 5.29. The van der Waals surface area contributed by atoms with Gasteiger partial charge in [0.25, 0.3) is 0 Å². The Labute approximate surface area is 105 Å². The molecule has 1 unspecified atom stereocenters. The summed E-state index contributed by atoms with van der Waals surface area (Å²) >= 11 is 3.60. The maximum absolute atomic E-state index is 5.59. The number of methoxy groups -OCH3 is 1. The summed E-state index contributed by atoms with van der Waals surface area (Å²) in [5, 5.41) is 0. The maximum Gasteiger partial charge on any atom is 0.0472 e. The van der Waals surface area contributed by atoms with Crippen LogP contribution in [0.1, 0.15) is 30.0 Å². The lowest BCUT2D eigenvalue weighted by Crippen LogP contribution is -2.28. The summed E-state index contributed by atoms with van der Waals surface area (Å²) in [4.78, 5) is 0. The van der Waals surface area contributed by atoms with Crippen molar-refractivity contribution in [2.45, 2.75) is 25.8 Å². The fourth-order valence-corrected chi connectivity index (χ4v) is 2.24. The molecule has 3 nitrogen and oxygen atoms in total. The highest BCUT2D eigenvalue weighted by Gasteiger charge is 2.13. The molecule has 0 aliphatic heterocycles. The molecule has 0 saturated heterocycles. The summed E-state index contributed by atoms with van der Waals surface area (Å²) in [6.07, 6.45) is 1.96. The molecule has 4 heteroatoms. The number of hydrogen-bond donors (Lipinski definition) is 2. The molecule has 16 heavy (non-hydrogen) atoms. The van der Waals surface area contributed by atoms with E-state index < -0.39 is 0 Å². The summed E-state index contributed by atoms with van der Waals surface area (Å²) in [6, 6.07) is 6.39. The number of nitrogens with one attached hydrogen (secondary N) is 1. The van der Waals surface area contributed by atoms with Gasteiger partial charge in [-0.3, -0.25) is 11.3 Å². The van der Waals surface area contributed by atoms with Gasteiger partial charge in [-0.05, 0) is 30.9 Å². The van der Waals surface area contributed by atoms with E-state index in [-0.39, 0.29) is 6.04 Å². The monoisotopic (exact) mass is 286 g/mol. The molecule has 0 heterocycles. The van der Waals surface area contributed by atoms with E-state index in [1.165, 1.54) is 11.1 Å². The van der Waals surface area contributed by atoms with Crippen LogP contribution in [-0.2, 0) is 4.74 Å². The van der Waals surface area contributed by atoms with E-state index in [9.17, 15) is 0 Å². The molecule has 0 amide bonds. The number of halogens is 1. The zero-order chi connectivity index (χ0) is 12.0. The Morgan fingerprint density at radius 2 is 2.25 bits per heavy atom. The van der Waals surface area contributed by atoms with Crippen molar-refractivity contribution in [1.29, 1.82) is 0 Å². The first-order chi connectivity index (χ1) is 7.70. The first-order valence-corrected chi connectivity index (χ1v) is 6.20. The molecular weight excluding hydrogens is 268 g/mol. The number of nitrogens with two attached hydrogens (primary N) is 1. The molecule has 0 fully saturated rings. The van der Waals surface area contributed by atoms with Crippen molar-refractivity contribution in [3.05, 3.63) is 33.8 Å². The molecule has 3 N–H and O–H groups in total. The van der Waals surface area contributed by atoms with Gasteiger partial charge in [-0.15, -0.1) is 0 Å². The van der Waals surface area contributed by atoms with Gasteiger partial charge in [0.05, 0.1) is 0 Å². The highest BCUT2D eigenvalue weighted by atomic mass is 79.9. The standard InChI is InChI=1S/C12H19BrN2O/c1-9-5-3-6-10(12(9)13)11(15-14)7-4-8-16-2/h3,5-6,11,15H,4,7-8,14H2,1-2H3. The summed E-state index contributed by atoms with van der Waals surface area (Å²) < 4.78 is 6.18. The molecule has 0 aliphatic carbocycles.